The summed E-state index contributed by atoms with van der Waals surface area (Å²) < 4.78 is 65.9. The number of anilines is 1. The minimum absolute atomic E-state index is 0. The van der Waals surface area contributed by atoms with Crippen molar-refractivity contribution in [2.24, 2.45) is 17.8 Å². The van der Waals surface area contributed by atoms with E-state index in [-0.39, 0.29) is 49.1 Å². The molecule has 2 heterocycles. The van der Waals surface area contributed by atoms with Crippen LogP contribution in [0.25, 0.3) is 0 Å². The van der Waals surface area contributed by atoms with Gasteiger partial charge in [-0.2, -0.15) is 13.2 Å². The summed E-state index contributed by atoms with van der Waals surface area (Å²) in [5.41, 5.74) is -0.0574. The molecule has 2 saturated heterocycles. The molecule has 4 unspecified atom stereocenters. The molecule has 35 heavy (non-hydrogen) atoms. The highest BCUT2D eigenvalue weighted by Crippen LogP contribution is 2.52. The van der Waals surface area contributed by atoms with Crippen molar-refractivity contribution in [2.75, 3.05) is 44.2 Å². The predicted octanol–water partition coefficient (Wildman–Crippen LogP) is 3.81. The molecule has 2 aliphatic heterocycles. The van der Waals surface area contributed by atoms with Gasteiger partial charge in [-0.05, 0) is 55.8 Å². The molecule has 1 aromatic carbocycles. The fraction of sp³-hybridized carbons (Fsp3) is 0.609. The molecule has 2 bridgehead atoms. The maximum Gasteiger partial charge on any atom is 0.416 e. The highest BCUT2D eigenvalue weighted by Gasteiger charge is 2.62. The van der Waals surface area contributed by atoms with E-state index >= 15 is 0 Å². The van der Waals surface area contributed by atoms with E-state index in [4.69, 9.17) is 0 Å². The molecule has 2 aliphatic carbocycles. The van der Waals surface area contributed by atoms with E-state index in [9.17, 15) is 26.4 Å². The van der Waals surface area contributed by atoms with Crippen LogP contribution in [0.4, 0.5) is 18.9 Å². The van der Waals surface area contributed by atoms with Crippen LogP contribution in [0.3, 0.4) is 0 Å². The topological polar surface area (TPSA) is 60.9 Å². The monoisotopic (exact) mass is 555 g/mol. The van der Waals surface area contributed by atoms with Crippen molar-refractivity contribution in [1.82, 2.24) is 9.21 Å². The number of halogens is 5. The van der Waals surface area contributed by atoms with E-state index in [1.165, 1.54) is 12.1 Å². The van der Waals surface area contributed by atoms with Gasteiger partial charge >= 0.3 is 6.18 Å². The van der Waals surface area contributed by atoms with Gasteiger partial charge in [-0.3, -0.25) is 9.69 Å². The first-order valence-electron chi connectivity index (χ1n) is 11.5. The van der Waals surface area contributed by atoms with Crippen LogP contribution in [0.15, 0.2) is 36.4 Å². The summed E-state index contributed by atoms with van der Waals surface area (Å²) >= 11 is 0. The van der Waals surface area contributed by atoms with Crippen molar-refractivity contribution in [3.63, 3.8) is 0 Å². The summed E-state index contributed by atoms with van der Waals surface area (Å²) in [4.78, 5) is 17.0. The SMILES string of the molecule is Cl.Cl.O=C1C2C3C=CC(C3)C2S(=O)(=O)N1CCCCN1CCN(c2cccc(C(F)(F)F)c2)CC1. The van der Waals surface area contributed by atoms with Crippen LogP contribution in [-0.4, -0.2) is 68.0 Å². The maximum absolute atomic E-state index is 13.0. The van der Waals surface area contributed by atoms with Gasteiger partial charge < -0.3 is 4.90 Å². The van der Waals surface area contributed by atoms with Crippen molar-refractivity contribution in [1.29, 1.82) is 0 Å². The first-order valence-corrected chi connectivity index (χ1v) is 13.0. The van der Waals surface area contributed by atoms with Crippen LogP contribution in [0.1, 0.15) is 24.8 Å². The number of rotatable bonds is 6. The molecule has 1 amide bonds. The molecular formula is C23H30Cl2F3N3O3S. The predicted molar refractivity (Wildman–Crippen MR) is 132 cm³/mol. The Kier molecular flexibility index (Phi) is 8.41. The van der Waals surface area contributed by atoms with E-state index < -0.39 is 32.9 Å². The zero-order valence-corrected chi connectivity index (χ0v) is 21.5. The van der Waals surface area contributed by atoms with Crippen molar-refractivity contribution in [2.45, 2.75) is 30.7 Å². The minimum atomic E-state index is -4.35. The molecule has 196 valence electrons. The summed E-state index contributed by atoms with van der Waals surface area (Å²) in [6.07, 6.45) is 1.77. The van der Waals surface area contributed by atoms with E-state index in [1.54, 1.807) is 6.07 Å². The number of carbonyl (C=O) groups excluding carboxylic acids is 1. The number of nitrogens with zero attached hydrogens (tertiary/aromatic N) is 3. The Balaban J connectivity index is 0.00000171. The lowest BCUT2D eigenvalue weighted by molar-refractivity contribution is -0.137. The standard InChI is InChI=1S/C23H28F3N3O3S.2ClH/c24-23(25,26)18-4-3-5-19(15-18)28-12-10-27(11-13-28)8-1-2-9-29-22(30)20-16-6-7-17(14-16)21(20)33(29,31)32;;/h3-7,15-17,20-21H,1-2,8-14H2;2*1H. The Bertz CT molecular complexity index is 1060. The highest BCUT2D eigenvalue weighted by atomic mass is 35.5. The third-order valence-electron chi connectivity index (χ3n) is 7.57. The number of allylic oxidation sites excluding steroid dienone is 2. The van der Waals surface area contributed by atoms with Gasteiger partial charge in [-0.1, -0.05) is 18.2 Å². The molecule has 6 nitrogen and oxygen atoms in total. The Morgan fingerprint density at radius 2 is 1.60 bits per heavy atom. The van der Waals surface area contributed by atoms with E-state index in [0.29, 0.717) is 25.2 Å². The summed E-state index contributed by atoms with van der Waals surface area (Å²) in [5.74, 6) is -0.576. The average Bonchev–Trinajstić information content (AvgIpc) is 3.45. The van der Waals surface area contributed by atoms with Gasteiger partial charge in [0.2, 0.25) is 15.9 Å². The molecule has 3 fully saturated rings. The summed E-state index contributed by atoms with van der Waals surface area (Å²) in [6.45, 7) is 3.75. The number of amides is 1. The lowest BCUT2D eigenvalue weighted by Gasteiger charge is -2.36. The summed E-state index contributed by atoms with van der Waals surface area (Å²) in [7, 11) is -3.57. The molecule has 1 saturated carbocycles. The van der Waals surface area contributed by atoms with E-state index in [0.717, 1.165) is 42.8 Å². The summed E-state index contributed by atoms with van der Waals surface area (Å²) in [5, 5.41) is -0.566. The van der Waals surface area contributed by atoms with E-state index in [1.807, 2.05) is 17.1 Å². The minimum Gasteiger partial charge on any atom is -0.369 e. The number of sulfonamides is 1. The lowest BCUT2D eigenvalue weighted by Crippen LogP contribution is -2.46. The zero-order valence-electron chi connectivity index (χ0n) is 19.1. The van der Waals surface area contributed by atoms with Crippen LogP contribution in [0.2, 0.25) is 0 Å². The van der Waals surface area contributed by atoms with Crippen LogP contribution >= 0.6 is 24.8 Å². The number of hydrogen-bond donors (Lipinski definition) is 0. The second-order valence-electron chi connectivity index (χ2n) is 9.48. The van der Waals surface area contributed by atoms with Crippen LogP contribution < -0.4 is 4.90 Å². The number of unbranched alkanes of at least 4 members (excludes halogenated alkanes) is 1. The van der Waals surface area contributed by atoms with Crippen molar-refractivity contribution < 1.29 is 26.4 Å². The third kappa shape index (κ3) is 5.17. The largest absolute Gasteiger partial charge is 0.416 e. The molecule has 4 aliphatic rings. The van der Waals surface area contributed by atoms with Gasteiger partial charge in [-0.25, -0.2) is 12.7 Å². The Hall–Kier alpha value is -1.49. The normalized spacial score (nSPS) is 29.2. The second kappa shape index (κ2) is 10.5. The first-order chi connectivity index (χ1) is 15.7. The quantitative estimate of drug-likeness (QED) is 0.394. The number of alkyl halides is 3. The summed E-state index contributed by atoms with van der Waals surface area (Å²) in [6, 6.07) is 5.42. The van der Waals surface area contributed by atoms with Crippen LogP contribution in [0.5, 0.6) is 0 Å². The second-order valence-corrected chi connectivity index (χ2v) is 11.5. The molecule has 4 atom stereocenters. The highest BCUT2D eigenvalue weighted by molar-refractivity contribution is 7.90. The molecule has 5 rings (SSSR count). The fourth-order valence-corrected chi connectivity index (χ4v) is 8.26. The fourth-order valence-electron chi connectivity index (χ4n) is 5.88. The molecule has 0 N–H and O–H groups in total. The number of carbonyl (C=O) groups is 1. The van der Waals surface area contributed by atoms with Crippen LogP contribution in [0, 0.1) is 17.8 Å². The first kappa shape index (κ1) is 28.1. The maximum atomic E-state index is 13.0. The number of piperazine rings is 1. The molecule has 0 spiro atoms. The molecule has 0 aromatic heterocycles. The van der Waals surface area contributed by atoms with Gasteiger partial charge in [0.25, 0.3) is 0 Å². The number of fused-ring (bicyclic) bond motifs is 5. The number of benzene rings is 1. The van der Waals surface area contributed by atoms with Crippen molar-refractivity contribution in [3.05, 3.63) is 42.0 Å². The molecule has 12 heteroatoms. The van der Waals surface area contributed by atoms with Gasteiger partial charge in [0.1, 0.15) is 0 Å². The Labute approximate surface area is 216 Å². The van der Waals surface area contributed by atoms with Crippen molar-refractivity contribution >= 4 is 46.4 Å². The van der Waals surface area contributed by atoms with Gasteiger partial charge in [0.15, 0.2) is 0 Å². The molecule has 0 radical (unpaired) electrons. The average molecular weight is 556 g/mol. The van der Waals surface area contributed by atoms with Crippen LogP contribution in [-0.2, 0) is 21.0 Å². The zero-order chi connectivity index (χ0) is 23.4. The molecular weight excluding hydrogens is 526 g/mol. The van der Waals surface area contributed by atoms with Gasteiger partial charge in [0, 0.05) is 38.4 Å². The smallest absolute Gasteiger partial charge is 0.369 e. The third-order valence-corrected chi connectivity index (χ3v) is 9.87. The van der Waals surface area contributed by atoms with E-state index in [2.05, 4.69) is 4.90 Å². The van der Waals surface area contributed by atoms with Gasteiger partial charge in [0.05, 0.1) is 16.7 Å². The Morgan fingerprint density at radius 1 is 0.943 bits per heavy atom. The molecule has 1 aromatic rings. The number of hydrogen-bond acceptors (Lipinski definition) is 5. The van der Waals surface area contributed by atoms with Crippen molar-refractivity contribution in [3.8, 4) is 0 Å². The lowest BCUT2D eigenvalue weighted by atomic mass is 9.92. The van der Waals surface area contributed by atoms with Gasteiger partial charge in [-0.15, -0.1) is 24.8 Å². The Morgan fingerprint density at radius 3 is 2.26 bits per heavy atom.